The standard InChI is InChI=1S/2C48H26/c1-3-11-28(12-4-1)43-40-25-38-34-23-21-32-30-17-7-8-18-31(30)33-22-24-35(46(34)45(32)33)39(38)26-41(40)44(29-13-5-2-6-14-29)48-37-20-10-16-27-15-9-19-36(42(27)37)47(43)48;1-3-11-28(12-4-1)43-30-17-7-8-18-31(30)44(29-13-5-2-6-14-29)48-37-24-22-35-41-26-39-33-20-10-16-27-15-9-19-32(42(27)33)38(39)25-40(41)34-21-23-36(47(43)48)46(37)45(34)35/h2*1-26H. The van der Waals surface area contributed by atoms with Crippen molar-refractivity contribution < 1.29 is 0 Å². The molecule has 0 radical (unpaired) electrons. The Morgan fingerprint density at radius 1 is 0.115 bits per heavy atom. The molecule has 0 aromatic heterocycles. The predicted octanol–water partition coefficient (Wildman–Crippen LogP) is 27.2. The third-order valence-electron chi connectivity index (χ3n) is 22.5. The summed E-state index contributed by atoms with van der Waals surface area (Å²) in [5.74, 6) is 0. The van der Waals surface area contributed by atoms with Gasteiger partial charge in [0.05, 0.1) is 0 Å². The minimum Gasteiger partial charge on any atom is -0.0622 e. The molecule has 0 nitrogen and oxygen atoms in total. The average Bonchev–Trinajstić information content (AvgIpc) is 1.52. The van der Waals surface area contributed by atoms with E-state index in [4.69, 9.17) is 0 Å². The van der Waals surface area contributed by atoms with Crippen LogP contribution in [0.2, 0.25) is 0 Å². The summed E-state index contributed by atoms with van der Waals surface area (Å²) in [4.78, 5) is 0. The van der Waals surface area contributed by atoms with Crippen LogP contribution >= 0.6 is 0 Å². The number of benzene rings is 18. The molecule has 0 heterocycles. The third-order valence-corrected chi connectivity index (χ3v) is 22.5. The minimum absolute atomic E-state index is 1.26. The van der Waals surface area contributed by atoms with Crippen molar-refractivity contribution in [1.82, 2.24) is 0 Å². The molecule has 0 fully saturated rings. The zero-order valence-corrected chi connectivity index (χ0v) is 52.0. The lowest BCUT2D eigenvalue weighted by Gasteiger charge is -2.20. The first-order valence-electron chi connectivity index (χ1n) is 33.7. The number of hydrogen-bond acceptors (Lipinski definition) is 0. The van der Waals surface area contributed by atoms with Gasteiger partial charge in [-0.25, -0.2) is 0 Å². The van der Waals surface area contributed by atoms with Gasteiger partial charge in [0.1, 0.15) is 0 Å². The maximum absolute atomic E-state index is 2.53. The Kier molecular flexibility index (Phi) is 9.92. The number of rotatable bonds is 4. The molecule has 0 spiro atoms. The van der Waals surface area contributed by atoms with Crippen molar-refractivity contribution in [2.24, 2.45) is 0 Å². The van der Waals surface area contributed by atoms with Gasteiger partial charge in [-0.05, 0) is 264 Å². The van der Waals surface area contributed by atoms with E-state index in [1.54, 1.807) is 0 Å². The van der Waals surface area contributed by atoms with Crippen LogP contribution in [-0.2, 0) is 0 Å². The molecule has 0 amide bonds. The maximum atomic E-state index is 2.53. The molecule has 0 bridgehead atoms. The van der Waals surface area contributed by atoms with Crippen LogP contribution in [0.5, 0.6) is 0 Å². The molecule has 2 aliphatic carbocycles. The van der Waals surface area contributed by atoms with E-state index in [2.05, 4.69) is 315 Å². The zero-order chi connectivity index (χ0) is 62.2. The fraction of sp³-hybridized carbons (Fsp3) is 0. The quantitative estimate of drug-likeness (QED) is 0.165. The molecule has 0 N–H and O–H groups in total. The topological polar surface area (TPSA) is 0 Å². The van der Waals surface area contributed by atoms with Crippen molar-refractivity contribution in [3.63, 3.8) is 0 Å². The van der Waals surface area contributed by atoms with Crippen LogP contribution < -0.4 is 0 Å². The second kappa shape index (κ2) is 18.6. The molecule has 22 aromatic rings. The first-order chi connectivity index (χ1) is 47.7. The molecule has 0 aliphatic heterocycles. The second-order valence-electron chi connectivity index (χ2n) is 27.0. The number of hydrogen-bond donors (Lipinski definition) is 0. The van der Waals surface area contributed by atoms with E-state index in [0.717, 1.165) is 0 Å². The van der Waals surface area contributed by atoms with Crippen molar-refractivity contribution in [3.05, 3.63) is 315 Å². The summed E-state index contributed by atoms with van der Waals surface area (Å²) in [6.07, 6.45) is 0. The van der Waals surface area contributed by atoms with Gasteiger partial charge >= 0.3 is 0 Å². The smallest absolute Gasteiger partial charge is 0.000740 e. The molecule has 96 heavy (non-hydrogen) atoms. The highest BCUT2D eigenvalue weighted by Gasteiger charge is 2.34. The predicted molar refractivity (Wildman–Crippen MR) is 413 cm³/mol. The van der Waals surface area contributed by atoms with Gasteiger partial charge in [-0.15, -0.1) is 0 Å². The average molecular weight is 1210 g/mol. The van der Waals surface area contributed by atoms with Crippen molar-refractivity contribution in [2.75, 3.05) is 0 Å². The van der Waals surface area contributed by atoms with E-state index < -0.39 is 0 Å². The maximum Gasteiger partial charge on any atom is -0.000740 e. The van der Waals surface area contributed by atoms with Crippen LogP contribution in [0.25, 0.3) is 240 Å². The Morgan fingerprint density at radius 2 is 0.396 bits per heavy atom. The summed E-state index contributed by atoms with van der Waals surface area (Å²) in [6, 6.07) is 118. The first kappa shape index (κ1) is 51.1. The second-order valence-corrected chi connectivity index (χ2v) is 27.0. The van der Waals surface area contributed by atoms with Gasteiger partial charge in [-0.1, -0.05) is 291 Å². The van der Waals surface area contributed by atoms with Crippen LogP contribution in [0, 0.1) is 0 Å². The van der Waals surface area contributed by atoms with E-state index in [1.165, 1.54) is 240 Å². The molecule has 24 rings (SSSR count). The van der Waals surface area contributed by atoms with Gasteiger partial charge in [0.2, 0.25) is 0 Å². The van der Waals surface area contributed by atoms with Crippen molar-refractivity contribution in [2.45, 2.75) is 0 Å². The summed E-state index contributed by atoms with van der Waals surface area (Å²) in [7, 11) is 0. The highest BCUT2D eigenvalue weighted by molar-refractivity contribution is 6.45. The Morgan fingerprint density at radius 3 is 0.781 bits per heavy atom. The minimum atomic E-state index is 1.26. The van der Waals surface area contributed by atoms with Gasteiger partial charge in [0, 0.05) is 0 Å². The van der Waals surface area contributed by atoms with Gasteiger partial charge in [-0.3, -0.25) is 0 Å². The van der Waals surface area contributed by atoms with E-state index in [1.807, 2.05) is 0 Å². The highest BCUT2D eigenvalue weighted by Crippen LogP contribution is 2.61. The fourth-order valence-electron chi connectivity index (χ4n) is 18.9. The van der Waals surface area contributed by atoms with E-state index in [-0.39, 0.29) is 0 Å². The van der Waals surface area contributed by atoms with Crippen LogP contribution in [0.15, 0.2) is 315 Å². The molecular formula is C96H52. The molecule has 0 unspecified atom stereocenters. The SMILES string of the molecule is c1ccc(-c2c3c(c(-c4ccccc4)c4ccccc24)-c2ccc4c5cc6c(cc5c5ccc-3c2c54)c2cccc3cccc6c32)cc1.c1ccc(-c2c3cc4c(cc3c(-c3ccccc3)c3c5cccc6cccc(c23)c65)c2ccc3c5c(ccc4c52)-c2ccccc2-3)cc1. The van der Waals surface area contributed by atoms with Crippen molar-refractivity contribution in [3.8, 4) is 89.0 Å². The largest absolute Gasteiger partial charge is 0.0622 e. The zero-order valence-electron chi connectivity index (χ0n) is 52.0. The lowest BCUT2D eigenvalue weighted by molar-refractivity contribution is 1.62. The molecule has 436 valence electrons. The van der Waals surface area contributed by atoms with Crippen molar-refractivity contribution >= 4 is 151 Å². The number of fused-ring (bicyclic) bond motifs is 20. The normalized spacial score (nSPS) is 12.6. The van der Waals surface area contributed by atoms with Gasteiger partial charge in [0.15, 0.2) is 0 Å². The highest BCUT2D eigenvalue weighted by atomic mass is 14.4. The molecule has 0 saturated carbocycles. The summed E-state index contributed by atoms with van der Waals surface area (Å²) >= 11 is 0. The summed E-state index contributed by atoms with van der Waals surface area (Å²) in [6.45, 7) is 0. The molecular weight excluding hydrogens is 1150 g/mol. The van der Waals surface area contributed by atoms with Crippen LogP contribution in [0.4, 0.5) is 0 Å². The van der Waals surface area contributed by atoms with Crippen LogP contribution in [-0.4, -0.2) is 0 Å². The van der Waals surface area contributed by atoms with Gasteiger partial charge in [0.25, 0.3) is 0 Å². The molecule has 2 aliphatic rings. The lowest BCUT2D eigenvalue weighted by Crippen LogP contribution is -1.93. The first-order valence-corrected chi connectivity index (χ1v) is 33.7. The third kappa shape index (κ3) is 6.48. The fourth-order valence-corrected chi connectivity index (χ4v) is 18.9. The summed E-state index contributed by atoms with van der Waals surface area (Å²) in [5.41, 5.74) is 21.2. The van der Waals surface area contributed by atoms with Crippen LogP contribution in [0.3, 0.4) is 0 Å². The molecule has 22 aromatic carbocycles. The van der Waals surface area contributed by atoms with Crippen molar-refractivity contribution in [1.29, 1.82) is 0 Å². The van der Waals surface area contributed by atoms with Crippen LogP contribution in [0.1, 0.15) is 0 Å². The Hall–Kier alpha value is -12.5. The molecule has 0 atom stereocenters. The Labute approximate surface area is 551 Å². The van der Waals surface area contributed by atoms with E-state index in [9.17, 15) is 0 Å². The Bertz CT molecular complexity index is 6710. The summed E-state index contributed by atoms with van der Waals surface area (Å²) in [5, 5.41) is 37.7. The Balaban J connectivity index is 0.000000121. The molecule has 0 saturated heterocycles. The van der Waals surface area contributed by atoms with E-state index >= 15 is 0 Å². The lowest BCUT2D eigenvalue weighted by atomic mass is 9.82. The summed E-state index contributed by atoms with van der Waals surface area (Å²) < 4.78 is 0. The monoisotopic (exact) mass is 1200 g/mol. The van der Waals surface area contributed by atoms with Gasteiger partial charge < -0.3 is 0 Å². The van der Waals surface area contributed by atoms with Gasteiger partial charge in [-0.2, -0.15) is 0 Å². The van der Waals surface area contributed by atoms with E-state index in [0.29, 0.717) is 0 Å². The molecule has 0 heteroatoms.